The van der Waals surface area contributed by atoms with Crippen molar-refractivity contribution in [2.24, 2.45) is 4.99 Å². The molecule has 4 rings (SSSR count). The number of carbonyl (C=O) groups excluding carboxylic acids is 2. The third kappa shape index (κ3) is 4.20. The summed E-state index contributed by atoms with van der Waals surface area (Å²) < 4.78 is 19.6. The van der Waals surface area contributed by atoms with Gasteiger partial charge in [0.1, 0.15) is 13.2 Å². The highest BCUT2D eigenvalue weighted by Crippen LogP contribution is 2.35. The second-order valence-corrected chi connectivity index (χ2v) is 8.18. The van der Waals surface area contributed by atoms with Crippen molar-refractivity contribution in [1.82, 2.24) is 4.57 Å². The average Bonchev–Trinajstić information content (AvgIpc) is 3.05. The Bertz CT molecular complexity index is 1170. The Balaban J connectivity index is 1.82. The smallest absolute Gasteiger partial charge is 0.307 e. The van der Waals surface area contributed by atoms with Crippen molar-refractivity contribution in [2.75, 3.05) is 20.3 Å². The number of nitrogens with zero attached hydrogens (tertiary/aromatic N) is 2. The summed E-state index contributed by atoms with van der Waals surface area (Å²) in [6.07, 6.45) is 0.162. The third-order valence-electron chi connectivity index (χ3n) is 4.38. The van der Waals surface area contributed by atoms with Crippen LogP contribution in [0.4, 0.5) is 0 Å². The van der Waals surface area contributed by atoms with E-state index in [0.717, 1.165) is 14.7 Å². The molecule has 1 aromatic heterocycles. The second-order valence-electron chi connectivity index (χ2n) is 6.25. The number of hydrogen-bond donors (Lipinski definition) is 0. The summed E-state index contributed by atoms with van der Waals surface area (Å²) in [5, 5.41) is 0. The summed E-state index contributed by atoms with van der Waals surface area (Å²) in [6.45, 7) is 1.30. The molecule has 0 spiro atoms. The first-order chi connectivity index (χ1) is 14.0. The number of esters is 1. The Morgan fingerprint density at radius 2 is 1.97 bits per heavy atom. The molecule has 2 aromatic carbocycles. The Morgan fingerprint density at radius 1 is 1.21 bits per heavy atom. The van der Waals surface area contributed by atoms with Crippen LogP contribution in [0, 0.1) is 0 Å². The minimum absolute atomic E-state index is 0.162. The van der Waals surface area contributed by atoms with Crippen molar-refractivity contribution in [3.8, 4) is 11.5 Å². The number of aromatic nitrogens is 1. The van der Waals surface area contributed by atoms with Crippen LogP contribution in [0.3, 0.4) is 0 Å². The molecule has 2 heterocycles. The number of benzene rings is 2. The summed E-state index contributed by atoms with van der Waals surface area (Å²) in [4.78, 5) is 29.2. The van der Waals surface area contributed by atoms with Crippen molar-refractivity contribution < 1.29 is 23.8 Å². The van der Waals surface area contributed by atoms with Crippen molar-refractivity contribution in [2.45, 2.75) is 13.0 Å². The second kappa shape index (κ2) is 8.38. The van der Waals surface area contributed by atoms with E-state index in [1.807, 2.05) is 22.8 Å². The molecule has 0 atom stereocenters. The number of aryl methyl sites for hydroxylation is 1. The Hall–Kier alpha value is -2.65. The molecule has 0 fully saturated rings. The molecular formula is C20H17BrN2O5S. The molecule has 29 heavy (non-hydrogen) atoms. The Morgan fingerprint density at radius 3 is 2.69 bits per heavy atom. The normalized spacial score (nSPS) is 13.5. The fraction of sp³-hybridized carbons (Fsp3) is 0.250. The fourth-order valence-corrected chi connectivity index (χ4v) is 4.45. The Kier molecular flexibility index (Phi) is 5.68. The van der Waals surface area contributed by atoms with Gasteiger partial charge in [0.05, 0.1) is 23.7 Å². The highest BCUT2D eigenvalue weighted by atomic mass is 79.9. The molecule has 0 saturated carbocycles. The number of fused-ring (bicyclic) bond motifs is 2. The topological polar surface area (TPSA) is 79.1 Å². The van der Waals surface area contributed by atoms with Gasteiger partial charge in [-0.1, -0.05) is 33.3 Å². The number of carbonyl (C=O) groups is 2. The third-order valence-corrected chi connectivity index (χ3v) is 5.92. The number of thiazole rings is 1. The predicted molar refractivity (Wildman–Crippen MR) is 111 cm³/mol. The van der Waals surface area contributed by atoms with Gasteiger partial charge in [-0.2, -0.15) is 4.99 Å². The van der Waals surface area contributed by atoms with E-state index in [1.165, 1.54) is 18.4 Å². The maximum atomic E-state index is 12.7. The summed E-state index contributed by atoms with van der Waals surface area (Å²) in [7, 11) is 1.35. The molecule has 1 amide bonds. The first-order valence-corrected chi connectivity index (χ1v) is 10.5. The van der Waals surface area contributed by atoms with E-state index in [4.69, 9.17) is 14.2 Å². The summed E-state index contributed by atoms with van der Waals surface area (Å²) in [5.74, 6) is 0.605. The van der Waals surface area contributed by atoms with E-state index < -0.39 is 0 Å². The van der Waals surface area contributed by atoms with Crippen LogP contribution < -0.4 is 14.3 Å². The number of rotatable bonds is 4. The van der Waals surface area contributed by atoms with E-state index in [0.29, 0.717) is 41.6 Å². The van der Waals surface area contributed by atoms with Gasteiger partial charge in [0.25, 0.3) is 5.91 Å². The van der Waals surface area contributed by atoms with Crippen molar-refractivity contribution in [1.29, 1.82) is 0 Å². The van der Waals surface area contributed by atoms with E-state index in [9.17, 15) is 9.59 Å². The van der Waals surface area contributed by atoms with Crippen LogP contribution >= 0.6 is 27.3 Å². The SMILES string of the molecule is COC(=O)CCn1c(=NC(=O)c2cccc(Br)c2)sc2cc3c(cc21)OCCO3. The lowest BCUT2D eigenvalue weighted by molar-refractivity contribution is -0.140. The van der Waals surface area contributed by atoms with Gasteiger partial charge in [-0.3, -0.25) is 9.59 Å². The quantitative estimate of drug-likeness (QED) is 0.538. The molecule has 9 heteroatoms. The monoisotopic (exact) mass is 476 g/mol. The number of methoxy groups -OCH3 is 1. The molecule has 150 valence electrons. The van der Waals surface area contributed by atoms with Gasteiger partial charge in [0, 0.05) is 28.7 Å². The maximum absolute atomic E-state index is 12.7. The number of ether oxygens (including phenoxy) is 3. The molecule has 0 unspecified atom stereocenters. The van der Waals surface area contributed by atoms with Crippen LogP contribution in [0.5, 0.6) is 11.5 Å². The van der Waals surface area contributed by atoms with Gasteiger partial charge in [-0.25, -0.2) is 0 Å². The van der Waals surface area contributed by atoms with Crippen LogP contribution in [0.2, 0.25) is 0 Å². The lowest BCUT2D eigenvalue weighted by atomic mass is 10.2. The molecule has 3 aromatic rings. The molecule has 7 nitrogen and oxygen atoms in total. The zero-order valence-corrected chi connectivity index (χ0v) is 17.9. The summed E-state index contributed by atoms with van der Waals surface area (Å²) >= 11 is 4.73. The maximum Gasteiger partial charge on any atom is 0.307 e. The number of halogens is 1. The van der Waals surface area contributed by atoms with Gasteiger partial charge in [0.15, 0.2) is 16.3 Å². The first kappa shape index (κ1) is 19.7. The van der Waals surface area contributed by atoms with Crippen molar-refractivity contribution >= 4 is 49.4 Å². The molecular weight excluding hydrogens is 460 g/mol. The van der Waals surface area contributed by atoms with Crippen LogP contribution in [0.25, 0.3) is 10.2 Å². The summed E-state index contributed by atoms with van der Waals surface area (Å²) in [6, 6.07) is 10.8. The van der Waals surface area contributed by atoms with E-state index in [1.54, 1.807) is 18.2 Å². The van der Waals surface area contributed by atoms with Gasteiger partial charge >= 0.3 is 5.97 Å². The standard InChI is InChI=1S/C20H17BrN2O5S/c1-26-18(24)5-6-23-14-10-15-16(28-8-7-27-15)11-17(14)29-20(23)22-19(25)12-3-2-4-13(21)9-12/h2-4,9-11H,5-8H2,1H3. The predicted octanol–water partition coefficient (Wildman–Crippen LogP) is 3.54. The number of amides is 1. The first-order valence-electron chi connectivity index (χ1n) is 8.89. The largest absolute Gasteiger partial charge is 0.486 e. The highest BCUT2D eigenvalue weighted by Gasteiger charge is 2.17. The van der Waals surface area contributed by atoms with Gasteiger partial charge in [-0.05, 0) is 18.2 Å². The average molecular weight is 477 g/mol. The molecule has 0 N–H and O–H groups in total. The lowest BCUT2D eigenvalue weighted by Gasteiger charge is -2.18. The van der Waals surface area contributed by atoms with Crippen LogP contribution in [-0.2, 0) is 16.1 Å². The zero-order chi connectivity index (χ0) is 20.4. The van der Waals surface area contributed by atoms with Crippen LogP contribution in [0.1, 0.15) is 16.8 Å². The fourth-order valence-electron chi connectivity index (χ4n) is 2.99. The summed E-state index contributed by atoms with van der Waals surface area (Å²) in [5.41, 5.74) is 1.30. The van der Waals surface area contributed by atoms with E-state index in [-0.39, 0.29) is 18.3 Å². The minimum Gasteiger partial charge on any atom is -0.486 e. The molecule has 0 bridgehead atoms. The van der Waals surface area contributed by atoms with E-state index >= 15 is 0 Å². The van der Waals surface area contributed by atoms with Crippen LogP contribution in [-0.4, -0.2) is 36.8 Å². The van der Waals surface area contributed by atoms with E-state index in [2.05, 4.69) is 20.9 Å². The Labute approximate surface area is 178 Å². The minimum atomic E-state index is -0.359. The molecule has 0 aliphatic carbocycles. The van der Waals surface area contributed by atoms with Crippen molar-refractivity contribution in [3.63, 3.8) is 0 Å². The molecule has 0 radical (unpaired) electrons. The van der Waals surface area contributed by atoms with Gasteiger partial charge in [-0.15, -0.1) is 0 Å². The van der Waals surface area contributed by atoms with Crippen LogP contribution in [0.15, 0.2) is 45.9 Å². The highest BCUT2D eigenvalue weighted by molar-refractivity contribution is 9.10. The zero-order valence-electron chi connectivity index (χ0n) is 15.5. The lowest BCUT2D eigenvalue weighted by Crippen LogP contribution is -2.19. The molecule has 0 saturated heterocycles. The van der Waals surface area contributed by atoms with Gasteiger partial charge < -0.3 is 18.8 Å². The van der Waals surface area contributed by atoms with Gasteiger partial charge in [0.2, 0.25) is 0 Å². The molecule has 1 aliphatic heterocycles. The number of hydrogen-bond acceptors (Lipinski definition) is 6. The molecule has 1 aliphatic rings. The van der Waals surface area contributed by atoms with Crippen molar-refractivity contribution in [3.05, 3.63) is 51.2 Å².